The molecule has 0 unspecified atom stereocenters. The van der Waals surface area contributed by atoms with Gasteiger partial charge in [-0.05, 0) is 31.0 Å². The molecule has 1 saturated carbocycles. The zero-order chi connectivity index (χ0) is 20.8. The van der Waals surface area contributed by atoms with Crippen molar-refractivity contribution in [3.05, 3.63) is 54.1 Å². The molecule has 1 fully saturated rings. The van der Waals surface area contributed by atoms with Crippen LogP contribution in [-0.2, 0) is 11.2 Å². The molecular formula is C21H26N4O4. The van der Waals surface area contributed by atoms with Crippen LogP contribution >= 0.6 is 0 Å². The van der Waals surface area contributed by atoms with Gasteiger partial charge in [0.05, 0.1) is 19.3 Å². The van der Waals surface area contributed by atoms with Gasteiger partial charge >= 0.3 is 0 Å². The van der Waals surface area contributed by atoms with E-state index in [1.165, 1.54) is 19.4 Å². The van der Waals surface area contributed by atoms with Gasteiger partial charge in [0.15, 0.2) is 0 Å². The maximum Gasteiger partial charge on any atom is 0.270 e. The number of carbonyl (C=O) groups excluding carboxylic acids is 2. The predicted octanol–water partition coefficient (Wildman–Crippen LogP) is 1.06. The van der Waals surface area contributed by atoms with Gasteiger partial charge in [-0.3, -0.25) is 19.6 Å². The van der Waals surface area contributed by atoms with Gasteiger partial charge in [-0.25, -0.2) is 0 Å². The van der Waals surface area contributed by atoms with Gasteiger partial charge in [-0.1, -0.05) is 6.07 Å². The molecule has 2 aromatic rings. The van der Waals surface area contributed by atoms with Crippen LogP contribution in [0.2, 0.25) is 0 Å². The number of rotatable bonds is 7. The van der Waals surface area contributed by atoms with Gasteiger partial charge in [0.2, 0.25) is 5.91 Å². The van der Waals surface area contributed by atoms with Gasteiger partial charge in [-0.15, -0.1) is 0 Å². The van der Waals surface area contributed by atoms with Crippen LogP contribution in [0, 0.1) is 5.92 Å². The quantitative estimate of drug-likeness (QED) is 0.723. The number of ether oxygens (including phenoxy) is 1. The van der Waals surface area contributed by atoms with Crippen molar-refractivity contribution in [2.75, 3.05) is 20.7 Å². The van der Waals surface area contributed by atoms with Crippen molar-refractivity contribution >= 4 is 11.8 Å². The van der Waals surface area contributed by atoms with E-state index in [1.54, 1.807) is 24.2 Å². The lowest BCUT2D eigenvalue weighted by atomic mass is 10.1. The summed E-state index contributed by atoms with van der Waals surface area (Å²) in [6.07, 6.45) is 3.83. The van der Waals surface area contributed by atoms with Crippen LogP contribution in [0.5, 0.6) is 5.75 Å². The summed E-state index contributed by atoms with van der Waals surface area (Å²) in [6, 6.07) is 8.39. The van der Waals surface area contributed by atoms with Crippen LogP contribution in [0.15, 0.2) is 42.7 Å². The number of carbonyl (C=O) groups is 2. The number of nitrogens with one attached hydrogen (secondary N) is 1. The van der Waals surface area contributed by atoms with Gasteiger partial charge in [0.1, 0.15) is 11.4 Å². The van der Waals surface area contributed by atoms with Crippen molar-refractivity contribution in [1.82, 2.24) is 20.2 Å². The Morgan fingerprint density at radius 3 is 2.79 bits per heavy atom. The van der Waals surface area contributed by atoms with Crippen molar-refractivity contribution in [3.8, 4) is 5.75 Å². The Balaban J connectivity index is 1.54. The summed E-state index contributed by atoms with van der Waals surface area (Å²) >= 11 is 0. The lowest BCUT2D eigenvalue weighted by Crippen LogP contribution is -2.40. The summed E-state index contributed by atoms with van der Waals surface area (Å²) in [6.45, 7) is 0.549. The molecule has 2 heterocycles. The van der Waals surface area contributed by atoms with E-state index >= 15 is 0 Å². The fraction of sp³-hybridized carbons (Fsp3) is 0.429. The Kier molecular flexibility index (Phi) is 6.77. The van der Waals surface area contributed by atoms with E-state index in [-0.39, 0.29) is 17.5 Å². The number of hydrogen-bond donors (Lipinski definition) is 2. The molecule has 0 radical (unpaired) electrons. The molecule has 8 heteroatoms. The Labute approximate surface area is 169 Å². The van der Waals surface area contributed by atoms with E-state index in [2.05, 4.69) is 15.3 Å². The highest BCUT2D eigenvalue weighted by Gasteiger charge is 2.39. The molecule has 3 rings (SSSR count). The highest BCUT2D eigenvalue weighted by atomic mass is 16.5. The van der Waals surface area contributed by atoms with E-state index in [1.807, 2.05) is 18.2 Å². The summed E-state index contributed by atoms with van der Waals surface area (Å²) in [5.74, 6) is -0.234. The molecular weight excluding hydrogens is 372 g/mol. The lowest BCUT2D eigenvalue weighted by molar-refractivity contribution is -0.134. The van der Waals surface area contributed by atoms with Crippen LogP contribution in [0.25, 0.3) is 0 Å². The second kappa shape index (κ2) is 9.47. The zero-order valence-electron chi connectivity index (χ0n) is 16.6. The maximum absolute atomic E-state index is 12.7. The van der Waals surface area contributed by atoms with Gasteiger partial charge < -0.3 is 20.1 Å². The Bertz CT molecular complexity index is 846. The first-order valence-corrected chi connectivity index (χ1v) is 9.61. The average Bonchev–Trinajstić information content (AvgIpc) is 3.12. The molecule has 2 N–H and O–H groups in total. The summed E-state index contributed by atoms with van der Waals surface area (Å²) in [4.78, 5) is 35.2. The van der Waals surface area contributed by atoms with Crippen molar-refractivity contribution in [2.24, 2.45) is 5.92 Å². The van der Waals surface area contributed by atoms with Gasteiger partial charge in [0, 0.05) is 50.1 Å². The molecule has 0 aromatic carbocycles. The van der Waals surface area contributed by atoms with E-state index in [0.29, 0.717) is 31.6 Å². The Morgan fingerprint density at radius 1 is 1.24 bits per heavy atom. The number of aliphatic hydroxyl groups is 1. The van der Waals surface area contributed by atoms with E-state index in [9.17, 15) is 14.7 Å². The van der Waals surface area contributed by atoms with Gasteiger partial charge in [-0.2, -0.15) is 0 Å². The molecule has 8 nitrogen and oxygen atoms in total. The molecule has 1 aliphatic carbocycles. The second-order valence-electron chi connectivity index (χ2n) is 7.23. The topological polar surface area (TPSA) is 105 Å². The minimum absolute atomic E-state index is 0.0313. The molecule has 0 saturated heterocycles. The van der Waals surface area contributed by atoms with Crippen molar-refractivity contribution in [1.29, 1.82) is 0 Å². The van der Waals surface area contributed by atoms with Crippen molar-refractivity contribution in [2.45, 2.75) is 31.4 Å². The van der Waals surface area contributed by atoms with E-state index in [0.717, 1.165) is 5.69 Å². The number of methoxy groups -OCH3 is 1. The molecule has 0 bridgehead atoms. The number of nitrogens with zero attached hydrogens (tertiary/aromatic N) is 3. The first-order valence-electron chi connectivity index (χ1n) is 9.61. The molecule has 2 amide bonds. The molecule has 2 aromatic heterocycles. The van der Waals surface area contributed by atoms with E-state index in [4.69, 9.17) is 4.74 Å². The minimum Gasteiger partial charge on any atom is -0.497 e. The zero-order valence-corrected chi connectivity index (χ0v) is 16.6. The highest BCUT2D eigenvalue weighted by molar-refractivity contribution is 5.93. The summed E-state index contributed by atoms with van der Waals surface area (Å²) in [7, 11) is 3.27. The third-order valence-corrected chi connectivity index (χ3v) is 5.20. The highest BCUT2D eigenvalue weighted by Crippen LogP contribution is 2.28. The smallest absolute Gasteiger partial charge is 0.270 e. The first kappa shape index (κ1) is 20.7. The maximum atomic E-state index is 12.7. The average molecular weight is 398 g/mol. The Hall–Kier alpha value is -3.00. The standard InChI is InChI=1S/C21H26N4O4/c1-25(10-7-15-5-3-4-8-22-15)21(28)14-11-17(19(26)12-14)24-20(27)18-13-16(29-2)6-9-23-18/h3-6,8-9,13-14,17,19,26H,7,10-12H2,1-2H3,(H,24,27)/t14-,17-,19-/m0/s1. The third-order valence-electron chi connectivity index (χ3n) is 5.20. The minimum atomic E-state index is -0.775. The summed E-state index contributed by atoms with van der Waals surface area (Å²) in [5.41, 5.74) is 1.13. The second-order valence-corrected chi connectivity index (χ2v) is 7.23. The fourth-order valence-corrected chi connectivity index (χ4v) is 3.53. The van der Waals surface area contributed by atoms with Crippen molar-refractivity contribution in [3.63, 3.8) is 0 Å². The van der Waals surface area contributed by atoms with Crippen LogP contribution in [0.3, 0.4) is 0 Å². The molecule has 3 atom stereocenters. The van der Waals surface area contributed by atoms with Crippen molar-refractivity contribution < 1.29 is 19.4 Å². The van der Waals surface area contributed by atoms with Crippen LogP contribution in [0.4, 0.5) is 0 Å². The number of amides is 2. The molecule has 154 valence electrons. The summed E-state index contributed by atoms with van der Waals surface area (Å²) in [5, 5.41) is 13.1. The number of likely N-dealkylation sites (N-methyl/N-ethyl adjacent to an activating group) is 1. The molecule has 0 aliphatic heterocycles. The molecule has 29 heavy (non-hydrogen) atoms. The Morgan fingerprint density at radius 2 is 2.07 bits per heavy atom. The number of aliphatic hydroxyl groups excluding tert-OH is 1. The normalized spacial score (nSPS) is 20.9. The monoisotopic (exact) mass is 398 g/mol. The lowest BCUT2D eigenvalue weighted by Gasteiger charge is -2.21. The van der Waals surface area contributed by atoms with Crippen LogP contribution < -0.4 is 10.1 Å². The first-order chi connectivity index (χ1) is 14.0. The number of hydrogen-bond acceptors (Lipinski definition) is 6. The van der Waals surface area contributed by atoms with Crippen LogP contribution in [0.1, 0.15) is 29.0 Å². The van der Waals surface area contributed by atoms with Crippen LogP contribution in [-0.4, -0.2) is 64.6 Å². The molecule has 0 spiro atoms. The predicted molar refractivity (Wildman–Crippen MR) is 106 cm³/mol. The molecule has 1 aliphatic rings. The fourth-order valence-electron chi connectivity index (χ4n) is 3.53. The largest absolute Gasteiger partial charge is 0.497 e. The SMILES string of the molecule is COc1ccnc(C(=O)N[C@H]2C[C@H](C(=O)N(C)CCc3ccccn3)C[C@@H]2O)c1. The number of aromatic nitrogens is 2. The van der Waals surface area contributed by atoms with E-state index < -0.39 is 18.1 Å². The van der Waals surface area contributed by atoms with Gasteiger partial charge in [0.25, 0.3) is 5.91 Å². The summed E-state index contributed by atoms with van der Waals surface area (Å²) < 4.78 is 5.10. The number of pyridine rings is 2. The third kappa shape index (κ3) is 5.29.